The average molecular weight is 302 g/mol. The fourth-order valence-corrected chi connectivity index (χ4v) is 2.32. The number of aromatic nitrogens is 3. The predicted molar refractivity (Wildman–Crippen MR) is 74.0 cm³/mol. The molecule has 3 rings (SSSR count). The first-order valence-electron chi connectivity index (χ1n) is 6.78. The second-order valence-corrected chi connectivity index (χ2v) is 4.90. The highest BCUT2D eigenvalue weighted by Gasteiger charge is 2.39. The van der Waals surface area contributed by atoms with Gasteiger partial charge in [-0.05, 0) is 12.0 Å². The van der Waals surface area contributed by atoms with Gasteiger partial charge >= 0.3 is 12.1 Å². The lowest BCUT2D eigenvalue weighted by molar-refractivity contribution is 0.0405. The molecule has 1 aromatic carbocycles. The number of H-pyrrole nitrogens is 1. The van der Waals surface area contributed by atoms with E-state index in [-0.39, 0.29) is 18.0 Å². The van der Waals surface area contributed by atoms with Crippen molar-refractivity contribution in [3.05, 3.63) is 47.3 Å². The highest BCUT2D eigenvalue weighted by molar-refractivity contribution is 5.86. The van der Waals surface area contributed by atoms with Gasteiger partial charge in [-0.3, -0.25) is 4.90 Å². The standard InChI is InChI=1S/C14H14N4O4/c19-13(20)12-11(15-17-16-12)10-6-7-18(10)14(21)22-8-9-4-2-1-3-5-9/h1-5,10H,6-8H2,(H,19,20)(H,15,16,17). The molecule has 2 N–H and O–H groups in total. The molecule has 1 atom stereocenters. The average Bonchev–Trinajstić information content (AvgIpc) is 2.94. The largest absolute Gasteiger partial charge is 0.476 e. The Kier molecular flexibility index (Phi) is 3.73. The maximum absolute atomic E-state index is 12.1. The van der Waals surface area contributed by atoms with E-state index in [1.807, 2.05) is 30.3 Å². The molecule has 1 saturated heterocycles. The second kappa shape index (κ2) is 5.84. The summed E-state index contributed by atoms with van der Waals surface area (Å²) >= 11 is 0. The first kappa shape index (κ1) is 14.1. The van der Waals surface area contributed by atoms with Gasteiger partial charge in [0.15, 0.2) is 5.69 Å². The van der Waals surface area contributed by atoms with E-state index in [4.69, 9.17) is 9.84 Å². The smallest absolute Gasteiger partial charge is 0.410 e. The number of hydrogen-bond donors (Lipinski definition) is 2. The van der Waals surface area contributed by atoms with Crippen LogP contribution in [0.15, 0.2) is 30.3 Å². The number of aromatic carboxylic acids is 1. The Balaban J connectivity index is 1.64. The molecule has 0 aliphatic carbocycles. The Labute approximate surface area is 125 Å². The summed E-state index contributed by atoms with van der Waals surface area (Å²) in [7, 11) is 0. The predicted octanol–water partition coefficient (Wildman–Crippen LogP) is 1.59. The zero-order valence-corrected chi connectivity index (χ0v) is 11.6. The molecule has 114 valence electrons. The third kappa shape index (κ3) is 2.62. The molecule has 1 aliphatic rings. The van der Waals surface area contributed by atoms with Crippen LogP contribution in [0.1, 0.15) is 34.2 Å². The number of carboxylic acids is 1. The molecule has 0 radical (unpaired) electrons. The van der Waals surface area contributed by atoms with Crippen LogP contribution in [0.25, 0.3) is 0 Å². The number of rotatable bonds is 4. The number of carbonyl (C=O) groups excluding carboxylic acids is 1. The van der Waals surface area contributed by atoms with Crippen molar-refractivity contribution >= 4 is 12.1 Å². The van der Waals surface area contributed by atoms with Crippen LogP contribution in [0.2, 0.25) is 0 Å². The van der Waals surface area contributed by atoms with Crippen LogP contribution in [0.4, 0.5) is 4.79 Å². The van der Waals surface area contributed by atoms with Gasteiger partial charge in [0.2, 0.25) is 0 Å². The fourth-order valence-electron chi connectivity index (χ4n) is 2.32. The topological polar surface area (TPSA) is 108 Å². The van der Waals surface area contributed by atoms with Crippen LogP contribution in [-0.4, -0.2) is 44.0 Å². The first-order valence-corrected chi connectivity index (χ1v) is 6.78. The molecule has 1 amide bonds. The van der Waals surface area contributed by atoms with Gasteiger partial charge in [0.1, 0.15) is 12.3 Å². The molecule has 2 heterocycles. The van der Waals surface area contributed by atoms with Crippen LogP contribution in [-0.2, 0) is 11.3 Å². The summed E-state index contributed by atoms with van der Waals surface area (Å²) in [6, 6.07) is 8.93. The summed E-state index contributed by atoms with van der Waals surface area (Å²) in [5, 5.41) is 18.8. The number of nitrogens with zero attached hydrogens (tertiary/aromatic N) is 3. The second-order valence-electron chi connectivity index (χ2n) is 4.90. The number of carboxylic acid groups (broad SMARTS) is 1. The minimum absolute atomic E-state index is 0.162. The number of aromatic amines is 1. The van der Waals surface area contributed by atoms with E-state index in [0.717, 1.165) is 5.56 Å². The number of likely N-dealkylation sites (tertiary alicyclic amines) is 1. The van der Waals surface area contributed by atoms with Crippen LogP contribution in [0.3, 0.4) is 0 Å². The fraction of sp³-hybridized carbons (Fsp3) is 0.286. The molecule has 0 bridgehead atoms. The van der Waals surface area contributed by atoms with Gasteiger partial charge in [0.05, 0.1) is 6.04 Å². The number of ether oxygens (including phenoxy) is 1. The van der Waals surface area contributed by atoms with Crippen LogP contribution in [0.5, 0.6) is 0 Å². The van der Waals surface area contributed by atoms with Crippen LogP contribution < -0.4 is 0 Å². The molecule has 2 aromatic rings. The van der Waals surface area contributed by atoms with E-state index < -0.39 is 18.1 Å². The molecule has 1 aromatic heterocycles. The summed E-state index contributed by atoms with van der Waals surface area (Å²) in [5.41, 5.74) is 0.988. The summed E-state index contributed by atoms with van der Waals surface area (Å²) in [6.07, 6.45) is 0.146. The SMILES string of the molecule is O=C(O)c1n[nH]nc1C1CCN1C(=O)OCc1ccccc1. The Hall–Kier alpha value is -2.90. The highest BCUT2D eigenvalue weighted by atomic mass is 16.6. The van der Waals surface area contributed by atoms with Gasteiger partial charge in [0.25, 0.3) is 0 Å². The quantitative estimate of drug-likeness (QED) is 0.887. The molecule has 1 unspecified atom stereocenters. The zero-order valence-electron chi connectivity index (χ0n) is 11.6. The Morgan fingerprint density at radius 2 is 2.09 bits per heavy atom. The van der Waals surface area contributed by atoms with Crippen molar-refractivity contribution in [1.29, 1.82) is 0 Å². The van der Waals surface area contributed by atoms with Crippen molar-refractivity contribution in [2.24, 2.45) is 0 Å². The van der Waals surface area contributed by atoms with E-state index in [2.05, 4.69) is 15.4 Å². The first-order chi connectivity index (χ1) is 10.7. The lowest BCUT2D eigenvalue weighted by Gasteiger charge is -2.38. The molecule has 0 spiro atoms. The van der Waals surface area contributed by atoms with E-state index in [0.29, 0.717) is 13.0 Å². The highest BCUT2D eigenvalue weighted by Crippen LogP contribution is 2.33. The molecular formula is C14H14N4O4. The molecule has 1 fully saturated rings. The van der Waals surface area contributed by atoms with Crippen molar-refractivity contribution < 1.29 is 19.4 Å². The summed E-state index contributed by atoms with van der Waals surface area (Å²) in [5.74, 6) is -1.17. The molecule has 8 nitrogen and oxygen atoms in total. The van der Waals surface area contributed by atoms with Gasteiger partial charge in [-0.2, -0.15) is 10.3 Å². The third-order valence-corrected chi connectivity index (χ3v) is 3.55. The minimum Gasteiger partial charge on any atom is -0.476 e. The Morgan fingerprint density at radius 1 is 1.32 bits per heavy atom. The van der Waals surface area contributed by atoms with Gasteiger partial charge in [-0.15, -0.1) is 5.10 Å². The van der Waals surface area contributed by atoms with Crippen molar-refractivity contribution in [3.8, 4) is 0 Å². The number of amides is 1. The maximum atomic E-state index is 12.1. The minimum atomic E-state index is -1.17. The summed E-state index contributed by atoms with van der Waals surface area (Å²) in [4.78, 5) is 24.6. The monoisotopic (exact) mass is 302 g/mol. The van der Waals surface area contributed by atoms with Gasteiger partial charge in [-0.1, -0.05) is 30.3 Å². The zero-order chi connectivity index (χ0) is 15.5. The van der Waals surface area contributed by atoms with Crippen molar-refractivity contribution in [1.82, 2.24) is 20.3 Å². The van der Waals surface area contributed by atoms with Gasteiger partial charge in [0, 0.05) is 6.54 Å². The van der Waals surface area contributed by atoms with E-state index in [9.17, 15) is 9.59 Å². The molecule has 8 heteroatoms. The van der Waals surface area contributed by atoms with E-state index in [1.54, 1.807) is 0 Å². The lowest BCUT2D eigenvalue weighted by atomic mass is 9.99. The lowest BCUT2D eigenvalue weighted by Crippen LogP contribution is -2.46. The summed E-state index contributed by atoms with van der Waals surface area (Å²) in [6.45, 7) is 0.678. The molecule has 0 saturated carbocycles. The number of nitrogens with one attached hydrogen (secondary N) is 1. The molecular weight excluding hydrogens is 288 g/mol. The summed E-state index contributed by atoms with van der Waals surface area (Å²) < 4.78 is 5.24. The van der Waals surface area contributed by atoms with E-state index in [1.165, 1.54) is 4.90 Å². The molecule has 22 heavy (non-hydrogen) atoms. The Bertz CT molecular complexity index is 685. The number of carbonyl (C=O) groups is 2. The normalized spacial score (nSPS) is 16.9. The van der Waals surface area contributed by atoms with Crippen molar-refractivity contribution in [2.45, 2.75) is 19.1 Å². The van der Waals surface area contributed by atoms with Gasteiger partial charge < -0.3 is 9.84 Å². The van der Waals surface area contributed by atoms with E-state index >= 15 is 0 Å². The maximum Gasteiger partial charge on any atom is 0.410 e. The van der Waals surface area contributed by atoms with Crippen LogP contribution >= 0.6 is 0 Å². The van der Waals surface area contributed by atoms with Gasteiger partial charge in [-0.25, -0.2) is 9.59 Å². The molecule has 1 aliphatic heterocycles. The number of hydrogen-bond acceptors (Lipinski definition) is 5. The third-order valence-electron chi connectivity index (χ3n) is 3.55. The number of benzene rings is 1. The Morgan fingerprint density at radius 3 is 2.73 bits per heavy atom. The van der Waals surface area contributed by atoms with Crippen molar-refractivity contribution in [3.63, 3.8) is 0 Å². The van der Waals surface area contributed by atoms with Crippen molar-refractivity contribution in [2.75, 3.05) is 6.54 Å². The van der Waals surface area contributed by atoms with Crippen LogP contribution in [0, 0.1) is 0 Å².